The van der Waals surface area contributed by atoms with E-state index >= 15 is 0 Å². The number of nitrogens with zero attached hydrogens (tertiary/aromatic N) is 1. The van der Waals surface area contributed by atoms with Gasteiger partial charge in [-0.15, -0.1) is 0 Å². The summed E-state index contributed by atoms with van der Waals surface area (Å²) in [4.78, 5) is 2.49. The fraction of sp³-hybridized carbons (Fsp3) is 0.647. The highest BCUT2D eigenvalue weighted by Gasteiger charge is 2.38. The van der Waals surface area contributed by atoms with Gasteiger partial charge in [0.25, 0.3) is 0 Å². The predicted molar refractivity (Wildman–Crippen MR) is 89.9 cm³/mol. The van der Waals surface area contributed by atoms with Crippen LogP contribution < -0.4 is 5.32 Å². The lowest BCUT2D eigenvalue weighted by molar-refractivity contribution is 0.0230. The maximum Gasteiger partial charge on any atom is 0.127 e. The zero-order chi connectivity index (χ0) is 15.5. The van der Waals surface area contributed by atoms with Gasteiger partial charge in [0.15, 0.2) is 0 Å². The van der Waals surface area contributed by atoms with Crippen LogP contribution in [0.3, 0.4) is 0 Å². The summed E-state index contributed by atoms with van der Waals surface area (Å²) in [6.45, 7) is 9.35. The third-order valence-corrected chi connectivity index (χ3v) is 5.50. The summed E-state index contributed by atoms with van der Waals surface area (Å²) in [7, 11) is 0. The highest BCUT2D eigenvalue weighted by Crippen LogP contribution is 2.30. The molecule has 1 saturated heterocycles. The molecule has 0 radical (unpaired) electrons. The standard InChI is InChI=1S/C17H26BrFN2/c1-4-15-11-21(17(5-2,6-3)12-20-15)10-13-9-14(18)7-8-16(13)19/h7-9,15,20H,4-6,10-12H2,1-3H3. The molecule has 0 bridgehead atoms. The molecule has 1 aromatic carbocycles. The molecular formula is C17H26BrFN2. The van der Waals surface area contributed by atoms with Crippen molar-refractivity contribution in [2.24, 2.45) is 0 Å². The summed E-state index contributed by atoms with van der Waals surface area (Å²) in [5.74, 6) is -0.106. The van der Waals surface area contributed by atoms with E-state index in [1.54, 1.807) is 12.1 Å². The van der Waals surface area contributed by atoms with Gasteiger partial charge in [-0.1, -0.05) is 36.7 Å². The summed E-state index contributed by atoms with van der Waals surface area (Å²) in [6, 6.07) is 5.73. The van der Waals surface area contributed by atoms with Crippen LogP contribution in [0.4, 0.5) is 4.39 Å². The minimum Gasteiger partial charge on any atom is -0.311 e. The molecule has 0 saturated carbocycles. The molecule has 1 aromatic rings. The second kappa shape index (κ2) is 7.21. The third kappa shape index (κ3) is 3.66. The molecule has 2 nitrogen and oxygen atoms in total. The topological polar surface area (TPSA) is 15.3 Å². The van der Waals surface area contributed by atoms with Crippen molar-refractivity contribution >= 4 is 15.9 Å². The Morgan fingerprint density at radius 3 is 2.67 bits per heavy atom. The van der Waals surface area contributed by atoms with Crippen LogP contribution in [0.25, 0.3) is 0 Å². The Bertz CT molecular complexity index is 474. The zero-order valence-corrected chi connectivity index (χ0v) is 14.8. The van der Waals surface area contributed by atoms with E-state index in [-0.39, 0.29) is 11.4 Å². The first-order valence-electron chi connectivity index (χ1n) is 7.97. The molecule has 1 fully saturated rings. The first kappa shape index (κ1) is 16.9. The normalized spacial score (nSPS) is 22.4. The van der Waals surface area contributed by atoms with Gasteiger partial charge in [-0.2, -0.15) is 0 Å². The fourth-order valence-corrected chi connectivity index (χ4v) is 3.70. The van der Waals surface area contributed by atoms with Crippen molar-refractivity contribution in [2.75, 3.05) is 13.1 Å². The van der Waals surface area contributed by atoms with Crippen LogP contribution in [0.15, 0.2) is 22.7 Å². The Balaban J connectivity index is 2.25. The van der Waals surface area contributed by atoms with Crippen LogP contribution in [0.5, 0.6) is 0 Å². The van der Waals surface area contributed by atoms with Gasteiger partial charge in [0.1, 0.15) is 5.82 Å². The van der Waals surface area contributed by atoms with Crippen molar-refractivity contribution in [3.8, 4) is 0 Å². The Kier molecular flexibility index (Phi) is 5.81. The van der Waals surface area contributed by atoms with Crippen LogP contribution >= 0.6 is 15.9 Å². The van der Waals surface area contributed by atoms with E-state index < -0.39 is 0 Å². The highest BCUT2D eigenvalue weighted by atomic mass is 79.9. The van der Waals surface area contributed by atoms with Gasteiger partial charge in [-0.3, -0.25) is 4.90 Å². The summed E-state index contributed by atoms with van der Waals surface area (Å²) < 4.78 is 15.0. The highest BCUT2D eigenvalue weighted by molar-refractivity contribution is 9.10. The van der Waals surface area contributed by atoms with Crippen molar-refractivity contribution in [2.45, 2.75) is 58.2 Å². The van der Waals surface area contributed by atoms with Crippen LogP contribution in [0, 0.1) is 5.82 Å². The summed E-state index contributed by atoms with van der Waals surface area (Å²) in [6.07, 6.45) is 3.28. The van der Waals surface area contributed by atoms with E-state index in [1.807, 2.05) is 6.07 Å². The average Bonchev–Trinajstić information content (AvgIpc) is 2.51. The first-order chi connectivity index (χ1) is 10.0. The lowest BCUT2D eigenvalue weighted by Gasteiger charge is -2.49. The average molecular weight is 357 g/mol. The molecule has 0 aliphatic carbocycles. The number of benzene rings is 1. The van der Waals surface area contributed by atoms with E-state index in [0.29, 0.717) is 12.6 Å². The number of halogens is 2. The zero-order valence-electron chi connectivity index (χ0n) is 13.3. The molecule has 1 N–H and O–H groups in total. The van der Waals surface area contributed by atoms with E-state index in [1.165, 1.54) is 0 Å². The van der Waals surface area contributed by atoms with E-state index in [9.17, 15) is 4.39 Å². The SMILES string of the molecule is CCC1CN(Cc2cc(Br)ccc2F)C(CC)(CC)CN1. The molecule has 0 amide bonds. The summed E-state index contributed by atoms with van der Waals surface area (Å²) in [5.41, 5.74) is 0.924. The van der Waals surface area contributed by atoms with E-state index in [4.69, 9.17) is 0 Å². The van der Waals surface area contributed by atoms with Crippen LogP contribution in [-0.2, 0) is 6.54 Å². The van der Waals surface area contributed by atoms with Crippen molar-refractivity contribution in [3.05, 3.63) is 34.1 Å². The van der Waals surface area contributed by atoms with Crippen molar-refractivity contribution in [1.29, 1.82) is 0 Å². The predicted octanol–water partition coefficient (Wildman–Crippen LogP) is 4.33. The number of hydrogen-bond acceptors (Lipinski definition) is 2. The second-order valence-electron chi connectivity index (χ2n) is 6.03. The minimum absolute atomic E-state index is 0.106. The molecule has 118 valence electrons. The molecular weight excluding hydrogens is 331 g/mol. The third-order valence-electron chi connectivity index (χ3n) is 5.01. The van der Waals surface area contributed by atoms with Crippen molar-refractivity contribution < 1.29 is 4.39 Å². The van der Waals surface area contributed by atoms with Crippen molar-refractivity contribution in [1.82, 2.24) is 10.2 Å². The quantitative estimate of drug-likeness (QED) is 0.844. The molecule has 2 rings (SSSR count). The Labute approximate surface area is 136 Å². The molecule has 1 heterocycles. The van der Waals surface area contributed by atoms with Gasteiger partial charge in [-0.05, 0) is 37.5 Å². The molecule has 0 spiro atoms. The summed E-state index contributed by atoms with van der Waals surface area (Å²) >= 11 is 3.45. The lowest BCUT2D eigenvalue weighted by atomic mass is 9.86. The molecule has 1 aliphatic rings. The van der Waals surface area contributed by atoms with Gasteiger partial charge in [0.05, 0.1) is 0 Å². The largest absolute Gasteiger partial charge is 0.311 e. The lowest BCUT2D eigenvalue weighted by Crippen LogP contribution is -2.63. The molecule has 1 atom stereocenters. The molecule has 1 aliphatic heterocycles. The van der Waals surface area contributed by atoms with Crippen LogP contribution in [0.2, 0.25) is 0 Å². The summed E-state index contributed by atoms with van der Waals surface area (Å²) in [5, 5.41) is 3.66. The smallest absolute Gasteiger partial charge is 0.127 e. The number of nitrogens with one attached hydrogen (secondary N) is 1. The van der Waals surface area contributed by atoms with Crippen molar-refractivity contribution in [3.63, 3.8) is 0 Å². The molecule has 4 heteroatoms. The Morgan fingerprint density at radius 1 is 1.33 bits per heavy atom. The maximum absolute atomic E-state index is 14.1. The van der Waals surface area contributed by atoms with Gasteiger partial charge in [0.2, 0.25) is 0 Å². The van der Waals surface area contributed by atoms with Gasteiger partial charge in [0, 0.05) is 41.3 Å². The Morgan fingerprint density at radius 2 is 2.05 bits per heavy atom. The fourth-order valence-electron chi connectivity index (χ4n) is 3.29. The maximum atomic E-state index is 14.1. The molecule has 21 heavy (non-hydrogen) atoms. The van der Waals surface area contributed by atoms with E-state index in [0.717, 1.165) is 42.4 Å². The second-order valence-corrected chi connectivity index (χ2v) is 6.95. The Hall–Kier alpha value is -0.450. The monoisotopic (exact) mass is 356 g/mol. The van der Waals surface area contributed by atoms with Gasteiger partial charge >= 0.3 is 0 Å². The first-order valence-corrected chi connectivity index (χ1v) is 8.76. The molecule has 1 unspecified atom stereocenters. The van der Waals surface area contributed by atoms with E-state index in [2.05, 4.69) is 46.9 Å². The number of piperazine rings is 1. The number of hydrogen-bond donors (Lipinski definition) is 1. The molecule has 0 aromatic heterocycles. The van der Waals surface area contributed by atoms with Gasteiger partial charge < -0.3 is 5.32 Å². The van der Waals surface area contributed by atoms with Gasteiger partial charge in [-0.25, -0.2) is 4.39 Å². The minimum atomic E-state index is -0.106. The number of rotatable bonds is 5. The van der Waals surface area contributed by atoms with Crippen LogP contribution in [-0.4, -0.2) is 29.6 Å². The van der Waals surface area contributed by atoms with Crippen LogP contribution in [0.1, 0.15) is 45.6 Å².